The molecular weight excluding hydrogens is 320 g/mol. The Kier molecular flexibility index (Phi) is 2.78. The van der Waals surface area contributed by atoms with E-state index in [1.807, 2.05) is 30.3 Å². The second-order valence-corrected chi connectivity index (χ2v) is 6.64. The highest BCUT2D eigenvalue weighted by Gasteiger charge is 2.16. The molecule has 0 unspecified atom stereocenters. The summed E-state index contributed by atoms with van der Waals surface area (Å²) < 4.78 is 0. The Balaban J connectivity index is 2.19. The topological polar surface area (TPSA) is 99.7 Å². The summed E-state index contributed by atoms with van der Waals surface area (Å²) in [7, 11) is 0. The van der Waals surface area contributed by atoms with Crippen molar-refractivity contribution in [1.29, 1.82) is 10.8 Å². The number of amidine groups is 2. The second-order valence-electron chi connectivity index (χ2n) is 6.64. The molecule has 0 heterocycles. The second kappa shape index (κ2) is 4.92. The summed E-state index contributed by atoms with van der Waals surface area (Å²) in [6.45, 7) is 0. The maximum atomic E-state index is 7.96. The first-order chi connectivity index (χ1) is 12.6. The van der Waals surface area contributed by atoms with Crippen LogP contribution in [0.2, 0.25) is 0 Å². The Hall–Kier alpha value is -3.66. The molecule has 0 aliphatic carbocycles. The van der Waals surface area contributed by atoms with Crippen molar-refractivity contribution in [3.63, 3.8) is 0 Å². The van der Waals surface area contributed by atoms with Crippen molar-refractivity contribution in [2.24, 2.45) is 11.5 Å². The van der Waals surface area contributed by atoms with Crippen molar-refractivity contribution in [3.05, 3.63) is 71.8 Å². The number of nitrogens with two attached hydrogens (primary N) is 2. The Morgan fingerprint density at radius 2 is 1.23 bits per heavy atom. The SMILES string of the molecule is N=C(N)c1cc2c(C(=N)N)ccc3c4cccc5cccc(c(c1)c23)c54. The number of hydrogen-bond acceptors (Lipinski definition) is 2. The predicted octanol–water partition coefficient (Wildman–Crippen LogP) is 4.31. The minimum atomic E-state index is 0.00842. The highest BCUT2D eigenvalue weighted by Crippen LogP contribution is 2.41. The van der Waals surface area contributed by atoms with Gasteiger partial charge in [0.15, 0.2) is 0 Å². The predicted molar refractivity (Wildman–Crippen MR) is 110 cm³/mol. The van der Waals surface area contributed by atoms with Gasteiger partial charge in [-0.2, -0.15) is 0 Å². The molecule has 0 saturated carbocycles. The van der Waals surface area contributed by atoms with E-state index in [9.17, 15) is 0 Å². The van der Waals surface area contributed by atoms with Gasteiger partial charge in [-0.05, 0) is 55.2 Å². The third kappa shape index (κ3) is 1.78. The van der Waals surface area contributed by atoms with Gasteiger partial charge in [-0.3, -0.25) is 10.8 Å². The molecule has 0 amide bonds. The Labute approximate surface area is 149 Å². The Bertz CT molecular complexity index is 1380. The quantitative estimate of drug-likeness (QED) is 0.167. The van der Waals surface area contributed by atoms with E-state index < -0.39 is 0 Å². The number of nitrogen functional groups attached to an aromatic ring is 2. The van der Waals surface area contributed by atoms with Crippen LogP contribution in [0.1, 0.15) is 11.1 Å². The average Bonchev–Trinajstić information content (AvgIpc) is 2.64. The molecule has 0 fully saturated rings. The standard InChI is InChI=1S/C22H16N4/c23-21(24)12-9-17-14-6-2-4-11-3-1-5-13(19(11)14)15-7-8-16(22(25)26)18(10-12)20(15)17/h1-10H,(H3,23,24)(H3,25,26). The summed E-state index contributed by atoms with van der Waals surface area (Å²) in [5.41, 5.74) is 12.9. The largest absolute Gasteiger partial charge is 0.384 e. The molecule has 0 atom stereocenters. The molecule has 4 nitrogen and oxygen atoms in total. The number of hydrogen-bond donors (Lipinski definition) is 4. The van der Waals surface area contributed by atoms with Crippen LogP contribution in [0.15, 0.2) is 60.7 Å². The number of rotatable bonds is 2. The minimum absolute atomic E-state index is 0.00842. The average molecular weight is 336 g/mol. The van der Waals surface area contributed by atoms with Crippen LogP contribution < -0.4 is 11.5 Å². The van der Waals surface area contributed by atoms with Gasteiger partial charge in [-0.25, -0.2) is 0 Å². The van der Waals surface area contributed by atoms with E-state index in [0.29, 0.717) is 11.1 Å². The fourth-order valence-electron chi connectivity index (χ4n) is 4.10. The van der Waals surface area contributed by atoms with Crippen LogP contribution in [-0.2, 0) is 0 Å². The molecule has 5 aromatic rings. The van der Waals surface area contributed by atoms with Gasteiger partial charge in [0.05, 0.1) is 0 Å². The van der Waals surface area contributed by atoms with E-state index in [-0.39, 0.29) is 11.7 Å². The summed E-state index contributed by atoms with van der Waals surface area (Å²) in [6, 6.07) is 20.4. The van der Waals surface area contributed by atoms with Gasteiger partial charge in [-0.1, -0.05) is 48.5 Å². The van der Waals surface area contributed by atoms with Crippen molar-refractivity contribution in [2.75, 3.05) is 0 Å². The Morgan fingerprint density at radius 3 is 1.88 bits per heavy atom. The van der Waals surface area contributed by atoms with Crippen LogP contribution in [0.4, 0.5) is 0 Å². The highest BCUT2D eigenvalue weighted by molar-refractivity contribution is 6.35. The van der Waals surface area contributed by atoms with Crippen molar-refractivity contribution in [3.8, 4) is 0 Å². The first-order valence-electron chi connectivity index (χ1n) is 8.38. The molecule has 5 rings (SSSR count). The van der Waals surface area contributed by atoms with Crippen LogP contribution in [0, 0.1) is 10.8 Å². The molecule has 0 spiro atoms. The molecular formula is C22H16N4. The summed E-state index contributed by atoms with van der Waals surface area (Å²) in [6.07, 6.45) is 0. The normalized spacial score (nSPS) is 11.7. The minimum Gasteiger partial charge on any atom is -0.384 e. The van der Waals surface area contributed by atoms with E-state index in [0.717, 1.165) is 26.9 Å². The molecule has 4 heteroatoms. The van der Waals surface area contributed by atoms with Crippen molar-refractivity contribution in [2.45, 2.75) is 0 Å². The van der Waals surface area contributed by atoms with Gasteiger partial charge in [0.2, 0.25) is 0 Å². The van der Waals surface area contributed by atoms with Gasteiger partial charge in [0.25, 0.3) is 0 Å². The zero-order valence-corrected chi connectivity index (χ0v) is 13.9. The van der Waals surface area contributed by atoms with Crippen LogP contribution in [0.5, 0.6) is 0 Å². The fraction of sp³-hybridized carbons (Fsp3) is 0. The fourth-order valence-corrected chi connectivity index (χ4v) is 4.10. The molecule has 0 aromatic heterocycles. The van der Waals surface area contributed by atoms with Gasteiger partial charge < -0.3 is 11.5 Å². The van der Waals surface area contributed by atoms with Crippen molar-refractivity contribution in [1.82, 2.24) is 0 Å². The molecule has 0 saturated heterocycles. The molecule has 6 N–H and O–H groups in total. The lowest BCUT2D eigenvalue weighted by molar-refractivity contribution is 1.43. The maximum Gasteiger partial charge on any atom is 0.123 e. The van der Waals surface area contributed by atoms with Gasteiger partial charge in [0.1, 0.15) is 11.7 Å². The zero-order chi connectivity index (χ0) is 18.0. The maximum absolute atomic E-state index is 7.96. The first kappa shape index (κ1) is 14.7. The molecule has 0 radical (unpaired) electrons. The van der Waals surface area contributed by atoms with Crippen molar-refractivity contribution < 1.29 is 0 Å². The van der Waals surface area contributed by atoms with Crippen LogP contribution in [-0.4, -0.2) is 11.7 Å². The van der Waals surface area contributed by atoms with Gasteiger partial charge in [0, 0.05) is 11.1 Å². The summed E-state index contributed by atoms with van der Waals surface area (Å²) in [4.78, 5) is 0. The molecule has 0 bridgehead atoms. The first-order valence-corrected chi connectivity index (χ1v) is 8.38. The van der Waals surface area contributed by atoms with E-state index in [4.69, 9.17) is 22.3 Å². The molecule has 124 valence electrons. The lowest BCUT2D eigenvalue weighted by Gasteiger charge is -2.17. The molecule has 0 aliphatic rings. The monoisotopic (exact) mass is 336 g/mol. The number of benzene rings is 5. The lowest BCUT2D eigenvalue weighted by atomic mass is 9.87. The Morgan fingerprint density at radius 1 is 0.615 bits per heavy atom. The number of nitrogens with one attached hydrogen (secondary N) is 2. The van der Waals surface area contributed by atoms with E-state index in [1.54, 1.807) is 0 Å². The summed E-state index contributed by atoms with van der Waals surface area (Å²) in [5.74, 6) is 0.0226. The van der Waals surface area contributed by atoms with E-state index in [2.05, 4.69) is 30.3 Å². The smallest absolute Gasteiger partial charge is 0.123 e. The molecule has 5 aromatic carbocycles. The van der Waals surface area contributed by atoms with Crippen molar-refractivity contribution >= 4 is 54.8 Å². The van der Waals surface area contributed by atoms with Crippen LogP contribution in [0.25, 0.3) is 43.1 Å². The van der Waals surface area contributed by atoms with Gasteiger partial charge in [-0.15, -0.1) is 0 Å². The third-order valence-corrected chi connectivity index (χ3v) is 5.20. The third-order valence-electron chi connectivity index (χ3n) is 5.20. The van der Waals surface area contributed by atoms with Gasteiger partial charge >= 0.3 is 0 Å². The van der Waals surface area contributed by atoms with Crippen LogP contribution >= 0.6 is 0 Å². The van der Waals surface area contributed by atoms with E-state index >= 15 is 0 Å². The molecule has 26 heavy (non-hydrogen) atoms. The lowest BCUT2D eigenvalue weighted by Crippen LogP contribution is -2.14. The molecule has 0 aliphatic heterocycles. The number of fused-ring (bicyclic) bond motifs is 2. The van der Waals surface area contributed by atoms with E-state index in [1.165, 1.54) is 16.2 Å². The zero-order valence-electron chi connectivity index (χ0n) is 13.9. The highest BCUT2D eigenvalue weighted by atomic mass is 14.7. The van der Waals surface area contributed by atoms with Crippen LogP contribution in [0.3, 0.4) is 0 Å². The summed E-state index contributed by atoms with van der Waals surface area (Å²) in [5, 5.41) is 24.7. The summed E-state index contributed by atoms with van der Waals surface area (Å²) >= 11 is 0.